The predicted octanol–water partition coefficient (Wildman–Crippen LogP) is 1.92. The molecule has 0 aliphatic rings. The van der Waals surface area contributed by atoms with Gasteiger partial charge < -0.3 is 4.74 Å². The standard InChI is InChI=1S/C10H6BrNO3/c1-15-10(14)6-2-7(5-13)8(4-12)9(11)3-6/h2-3,5H,1H3. The van der Waals surface area contributed by atoms with Crippen LogP contribution in [0.4, 0.5) is 0 Å². The molecular formula is C10H6BrNO3. The van der Waals surface area contributed by atoms with Crippen molar-refractivity contribution in [2.75, 3.05) is 7.11 Å². The number of nitriles is 1. The van der Waals surface area contributed by atoms with E-state index < -0.39 is 5.97 Å². The Balaban J connectivity index is 3.39. The molecule has 0 unspecified atom stereocenters. The molecule has 1 rings (SSSR count). The second-order valence-corrected chi connectivity index (χ2v) is 3.50. The Bertz CT molecular complexity index is 462. The van der Waals surface area contributed by atoms with E-state index in [1.807, 2.05) is 6.07 Å². The Morgan fingerprint density at radius 2 is 2.27 bits per heavy atom. The Labute approximate surface area is 94.6 Å². The van der Waals surface area contributed by atoms with E-state index in [0.29, 0.717) is 10.8 Å². The molecule has 0 fully saturated rings. The fourth-order valence-electron chi connectivity index (χ4n) is 1.07. The van der Waals surface area contributed by atoms with Gasteiger partial charge in [-0.1, -0.05) is 0 Å². The smallest absolute Gasteiger partial charge is 0.337 e. The van der Waals surface area contributed by atoms with E-state index in [4.69, 9.17) is 5.26 Å². The summed E-state index contributed by atoms with van der Waals surface area (Å²) >= 11 is 3.11. The lowest BCUT2D eigenvalue weighted by molar-refractivity contribution is 0.0600. The SMILES string of the molecule is COC(=O)c1cc(Br)c(C#N)c(C=O)c1. The van der Waals surface area contributed by atoms with Gasteiger partial charge in [-0.2, -0.15) is 5.26 Å². The zero-order chi connectivity index (χ0) is 11.4. The highest BCUT2D eigenvalue weighted by molar-refractivity contribution is 9.10. The number of esters is 1. The molecule has 0 spiro atoms. The highest BCUT2D eigenvalue weighted by atomic mass is 79.9. The molecule has 1 aromatic carbocycles. The van der Waals surface area contributed by atoms with Crippen molar-refractivity contribution in [3.63, 3.8) is 0 Å². The van der Waals surface area contributed by atoms with Crippen LogP contribution in [-0.2, 0) is 4.74 Å². The van der Waals surface area contributed by atoms with Crippen molar-refractivity contribution in [2.24, 2.45) is 0 Å². The van der Waals surface area contributed by atoms with Crippen LogP contribution in [0, 0.1) is 11.3 Å². The summed E-state index contributed by atoms with van der Waals surface area (Å²) in [5, 5.41) is 8.76. The topological polar surface area (TPSA) is 67.2 Å². The minimum atomic E-state index is -0.553. The minimum Gasteiger partial charge on any atom is -0.465 e. The van der Waals surface area contributed by atoms with Crippen molar-refractivity contribution in [1.82, 2.24) is 0 Å². The van der Waals surface area contributed by atoms with Crippen molar-refractivity contribution < 1.29 is 14.3 Å². The molecule has 0 aromatic heterocycles. The molecule has 0 N–H and O–H groups in total. The summed E-state index contributed by atoms with van der Waals surface area (Å²) in [5.74, 6) is -0.553. The van der Waals surface area contributed by atoms with Gasteiger partial charge in [0.15, 0.2) is 6.29 Å². The molecule has 15 heavy (non-hydrogen) atoms. The number of hydrogen-bond donors (Lipinski definition) is 0. The fraction of sp³-hybridized carbons (Fsp3) is 0.100. The zero-order valence-corrected chi connectivity index (χ0v) is 9.37. The van der Waals surface area contributed by atoms with Gasteiger partial charge in [0.1, 0.15) is 6.07 Å². The molecule has 76 valence electrons. The molecule has 4 nitrogen and oxygen atoms in total. The molecule has 0 aliphatic carbocycles. The maximum Gasteiger partial charge on any atom is 0.337 e. The van der Waals surface area contributed by atoms with Gasteiger partial charge in [0.25, 0.3) is 0 Å². The van der Waals surface area contributed by atoms with Gasteiger partial charge in [-0.25, -0.2) is 4.79 Å². The summed E-state index contributed by atoms with van der Waals surface area (Å²) in [5.41, 5.74) is 0.593. The summed E-state index contributed by atoms with van der Waals surface area (Å²) in [6.45, 7) is 0. The monoisotopic (exact) mass is 267 g/mol. The van der Waals surface area contributed by atoms with Gasteiger partial charge >= 0.3 is 5.97 Å². The number of benzene rings is 1. The number of carbonyl (C=O) groups excluding carboxylic acids is 2. The molecule has 5 heteroatoms. The lowest BCUT2D eigenvalue weighted by Crippen LogP contribution is -2.03. The van der Waals surface area contributed by atoms with Crippen LogP contribution in [0.15, 0.2) is 16.6 Å². The molecular weight excluding hydrogens is 262 g/mol. The third-order valence-electron chi connectivity index (χ3n) is 1.78. The lowest BCUT2D eigenvalue weighted by Gasteiger charge is -2.03. The first-order valence-corrected chi connectivity index (χ1v) is 4.70. The van der Waals surface area contributed by atoms with E-state index in [-0.39, 0.29) is 16.7 Å². The Kier molecular flexibility index (Phi) is 3.58. The van der Waals surface area contributed by atoms with Crippen LogP contribution in [0.1, 0.15) is 26.3 Å². The number of nitrogens with zero attached hydrogens (tertiary/aromatic N) is 1. The number of halogens is 1. The zero-order valence-electron chi connectivity index (χ0n) is 7.78. The van der Waals surface area contributed by atoms with E-state index in [1.54, 1.807) is 0 Å². The first-order chi connectivity index (χ1) is 7.13. The molecule has 0 radical (unpaired) electrons. The van der Waals surface area contributed by atoms with Crippen LogP contribution in [0.3, 0.4) is 0 Å². The first kappa shape index (κ1) is 11.4. The molecule has 1 aromatic rings. The van der Waals surface area contributed by atoms with Gasteiger partial charge in [0.05, 0.1) is 18.2 Å². The van der Waals surface area contributed by atoms with Crippen LogP contribution in [0.25, 0.3) is 0 Å². The minimum absolute atomic E-state index is 0.160. The number of hydrogen-bond acceptors (Lipinski definition) is 4. The molecule has 0 atom stereocenters. The highest BCUT2D eigenvalue weighted by Crippen LogP contribution is 2.21. The van der Waals surface area contributed by atoms with Crippen LogP contribution in [0.2, 0.25) is 0 Å². The summed E-state index contributed by atoms with van der Waals surface area (Å²) in [6, 6.07) is 4.63. The number of methoxy groups -OCH3 is 1. The Morgan fingerprint density at radius 3 is 2.73 bits per heavy atom. The van der Waals surface area contributed by atoms with Crippen molar-refractivity contribution in [2.45, 2.75) is 0 Å². The largest absolute Gasteiger partial charge is 0.465 e. The molecule has 0 saturated carbocycles. The van der Waals surface area contributed by atoms with Crippen molar-refractivity contribution >= 4 is 28.2 Å². The van der Waals surface area contributed by atoms with E-state index in [1.165, 1.54) is 19.2 Å². The first-order valence-electron chi connectivity index (χ1n) is 3.91. The highest BCUT2D eigenvalue weighted by Gasteiger charge is 2.13. The number of ether oxygens (including phenoxy) is 1. The lowest BCUT2D eigenvalue weighted by atomic mass is 10.1. The summed E-state index contributed by atoms with van der Waals surface area (Å²) in [4.78, 5) is 21.9. The summed E-state index contributed by atoms with van der Waals surface area (Å²) < 4.78 is 4.90. The second kappa shape index (κ2) is 4.71. The summed E-state index contributed by atoms with van der Waals surface area (Å²) in [6.07, 6.45) is 0.524. The third kappa shape index (κ3) is 2.22. The molecule has 0 saturated heterocycles. The van der Waals surface area contributed by atoms with Crippen molar-refractivity contribution in [3.8, 4) is 6.07 Å². The Morgan fingerprint density at radius 1 is 1.60 bits per heavy atom. The van der Waals surface area contributed by atoms with Crippen LogP contribution >= 0.6 is 15.9 Å². The van der Waals surface area contributed by atoms with Gasteiger partial charge in [0.2, 0.25) is 0 Å². The normalized spacial score (nSPS) is 9.13. The second-order valence-electron chi connectivity index (χ2n) is 2.64. The van der Waals surface area contributed by atoms with Gasteiger partial charge in [0, 0.05) is 10.0 Å². The number of rotatable bonds is 2. The summed E-state index contributed by atoms with van der Waals surface area (Å²) in [7, 11) is 1.25. The van der Waals surface area contributed by atoms with E-state index >= 15 is 0 Å². The Hall–Kier alpha value is -1.67. The average Bonchev–Trinajstić information content (AvgIpc) is 2.26. The quantitative estimate of drug-likeness (QED) is 0.607. The van der Waals surface area contributed by atoms with Crippen molar-refractivity contribution in [3.05, 3.63) is 33.3 Å². The predicted molar refractivity (Wildman–Crippen MR) is 55.6 cm³/mol. The fourth-order valence-corrected chi connectivity index (χ4v) is 1.64. The van der Waals surface area contributed by atoms with Crippen molar-refractivity contribution in [1.29, 1.82) is 5.26 Å². The average molecular weight is 268 g/mol. The number of aldehydes is 1. The van der Waals surface area contributed by atoms with Gasteiger partial charge in [-0.3, -0.25) is 4.79 Å². The van der Waals surface area contributed by atoms with E-state index in [2.05, 4.69) is 20.7 Å². The molecule has 0 amide bonds. The molecule has 0 bridgehead atoms. The van der Waals surface area contributed by atoms with Crippen LogP contribution in [0.5, 0.6) is 0 Å². The molecule has 0 aliphatic heterocycles. The van der Waals surface area contributed by atoms with E-state index in [0.717, 1.165) is 0 Å². The van der Waals surface area contributed by atoms with Crippen LogP contribution in [-0.4, -0.2) is 19.4 Å². The van der Waals surface area contributed by atoms with Gasteiger partial charge in [-0.05, 0) is 28.1 Å². The maximum absolute atomic E-state index is 11.2. The van der Waals surface area contributed by atoms with Crippen LogP contribution < -0.4 is 0 Å². The van der Waals surface area contributed by atoms with Gasteiger partial charge in [-0.15, -0.1) is 0 Å². The number of carbonyl (C=O) groups is 2. The third-order valence-corrected chi connectivity index (χ3v) is 2.41. The maximum atomic E-state index is 11.2. The molecule has 0 heterocycles. The van der Waals surface area contributed by atoms with E-state index in [9.17, 15) is 9.59 Å².